The molecule has 2 N–H and O–H groups in total. The number of nitrogens with one attached hydrogen (secondary N) is 1. The van der Waals surface area contributed by atoms with Gasteiger partial charge in [-0.2, -0.15) is 0 Å². The number of aliphatic hydroxyl groups excluding tert-OH is 1. The average Bonchev–Trinajstić information content (AvgIpc) is 2.48. The van der Waals surface area contributed by atoms with Gasteiger partial charge in [0.2, 0.25) is 0 Å². The summed E-state index contributed by atoms with van der Waals surface area (Å²) in [5.74, 6) is 0.432. The Kier molecular flexibility index (Phi) is 5.86. The van der Waals surface area contributed by atoms with E-state index in [0.29, 0.717) is 12.5 Å². The molecule has 0 amide bonds. The second-order valence-corrected chi connectivity index (χ2v) is 5.95. The lowest BCUT2D eigenvalue weighted by Crippen LogP contribution is -2.37. The molecule has 3 heteroatoms. The van der Waals surface area contributed by atoms with E-state index in [9.17, 15) is 5.11 Å². The molecule has 0 aromatic heterocycles. The van der Waals surface area contributed by atoms with Crippen LogP contribution in [0.4, 0.5) is 5.69 Å². The summed E-state index contributed by atoms with van der Waals surface area (Å²) in [5.41, 5.74) is 4.05. The Morgan fingerprint density at radius 1 is 1.40 bits per heavy atom. The highest BCUT2D eigenvalue weighted by molar-refractivity contribution is 5.55. The van der Waals surface area contributed by atoms with Crippen LogP contribution >= 0.6 is 0 Å². The van der Waals surface area contributed by atoms with Gasteiger partial charge in [-0.05, 0) is 50.3 Å². The van der Waals surface area contributed by atoms with Gasteiger partial charge in [0.25, 0.3) is 0 Å². The van der Waals surface area contributed by atoms with Crippen LogP contribution in [0.25, 0.3) is 0 Å². The Hall–Kier alpha value is -1.06. The first-order valence-corrected chi connectivity index (χ1v) is 7.90. The number of nitrogens with zero attached hydrogens (tertiary/aromatic N) is 1. The molecule has 1 aromatic carbocycles. The van der Waals surface area contributed by atoms with Crippen molar-refractivity contribution in [1.82, 2.24) is 5.32 Å². The van der Waals surface area contributed by atoms with E-state index in [2.05, 4.69) is 42.3 Å². The van der Waals surface area contributed by atoms with Gasteiger partial charge < -0.3 is 15.3 Å². The summed E-state index contributed by atoms with van der Waals surface area (Å²) in [7, 11) is 0. The van der Waals surface area contributed by atoms with Crippen molar-refractivity contribution in [3.8, 4) is 0 Å². The van der Waals surface area contributed by atoms with Gasteiger partial charge in [-0.3, -0.25) is 0 Å². The highest BCUT2D eigenvalue weighted by Crippen LogP contribution is 2.27. The minimum atomic E-state index is 0.311. The zero-order valence-electron chi connectivity index (χ0n) is 12.9. The summed E-state index contributed by atoms with van der Waals surface area (Å²) < 4.78 is 0. The third-order valence-corrected chi connectivity index (χ3v) is 4.10. The SMILES string of the molecule is CCCNCc1cc(C)ccc1N1CCCC(CO)C1. The van der Waals surface area contributed by atoms with Crippen molar-refractivity contribution >= 4 is 5.69 Å². The molecule has 20 heavy (non-hydrogen) atoms. The van der Waals surface area contributed by atoms with Gasteiger partial charge in [-0.25, -0.2) is 0 Å². The lowest BCUT2D eigenvalue weighted by molar-refractivity contribution is 0.208. The number of aliphatic hydroxyl groups is 1. The van der Waals surface area contributed by atoms with Crippen LogP contribution in [0.2, 0.25) is 0 Å². The maximum Gasteiger partial charge on any atom is 0.0476 e. The highest BCUT2D eigenvalue weighted by Gasteiger charge is 2.21. The molecule has 2 rings (SSSR count). The van der Waals surface area contributed by atoms with E-state index in [-0.39, 0.29) is 0 Å². The number of hydrogen-bond donors (Lipinski definition) is 2. The van der Waals surface area contributed by atoms with Crippen molar-refractivity contribution < 1.29 is 5.11 Å². The van der Waals surface area contributed by atoms with Crippen molar-refractivity contribution in [2.45, 2.75) is 39.7 Å². The van der Waals surface area contributed by atoms with Crippen molar-refractivity contribution in [1.29, 1.82) is 0 Å². The second-order valence-electron chi connectivity index (χ2n) is 5.95. The van der Waals surface area contributed by atoms with E-state index in [1.165, 1.54) is 23.2 Å². The minimum Gasteiger partial charge on any atom is -0.396 e. The van der Waals surface area contributed by atoms with E-state index < -0.39 is 0 Å². The molecule has 0 spiro atoms. The lowest BCUT2D eigenvalue weighted by atomic mass is 9.97. The summed E-state index contributed by atoms with van der Waals surface area (Å²) in [4.78, 5) is 2.45. The number of anilines is 1. The molecule has 3 nitrogen and oxygen atoms in total. The molecule has 1 fully saturated rings. The lowest BCUT2D eigenvalue weighted by Gasteiger charge is -2.35. The molecule has 1 saturated heterocycles. The molecule has 0 bridgehead atoms. The Morgan fingerprint density at radius 2 is 2.25 bits per heavy atom. The molecule has 0 aliphatic carbocycles. The number of rotatable bonds is 6. The third kappa shape index (κ3) is 3.97. The molecule has 0 radical (unpaired) electrons. The predicted octanol–water partition coefficient (Wildman–Crippen LogP) is 2.70. The summed E-state index contributed by atoms with van der Waals surface area (Å²) >= 11 is 0. The number of piperidine rings is 1. The normalized spacial score (nSPS) is 19.4. The first-order valence-electron chi connectivity index (χ1n) is 7.90. The largest absolute Gasteiger partial charge is 0.396 e. The summed E-state index contributed by atoms with van der Waals surface area (Å²) in [6.07, 6.45) is 3.50. The predicted molar refractivity (Wildman–Crippen MR) is 85.2 cm³/mol. The molecular formula is C17H28N2O. The Bertz CT molecular complexity index is 419. The van der Waals surface area contributed by atoms with Crippen LogP contribution in [0.3, 0.4) is 0 Å². The molecule has 112 valence electrons. The monoisotopic (exact) mass is 276 g/mol. The Labute approximate surface area is 123 Å². The third-order valence-electron chi connectivity index (χ3n) is 4.10. The van der Waals surface area contributed by atoms with Crippen molar-refractivity contribution in [2.75, 3.05) is 31.1 Å². The van der Waals surface area contributed by atoms with Crippen LogP contribution in [0.15, 0.2) is 18.2 Å². The highest BCUT2D eigenvalue weighted by atomic mass is 16.3. The van der Waals surface area contributed by atoms with Crippen LogP contribution in [-0.4, -0.2) is 31.3 Å². The van der Waals surface area contributed by atoms with E-state index in [4.69, 9.17) is 0 Å². The van der Waals surface area contributed by atoms with E-state index >= 15 is 0 Å². The fourth-order valence-electron chi connectivity index (χ4n) is 3.00. The standard InChI is InChI=1S/C17H28N2O/c1-3-8-18-11-16-10-14(2)6-7-17(16)19-9-4-5-15(12-19)13-20/h6-7,10,15,18,20H,3-5,8-9,11-13H2,1-2H3. The van der Waals surface area contributed by atoms with Crippen molar-refractivity contribution in [2.24, 2.45) is 5.92 Å². The van der Waals surface area contributed by atoms with Crippen LogP contribution in [-0.2, 0) is 6.54 Å². The van der Waals surface area contributed by atoms with Gasteiger partial charge in [0.1, 0.15) is 0 Å². The van der Waals surface area contributed by atoms with Gasteiger partial charge in [0.05, 0.1) is 0 Å². The van der Waals surface area contributed by atoms with Gasteiger partial charge in [0.15, 0.2) is 0 Å². The molecule has 1 unspecified atom stereocenters. The summed E-state index contributed by atoms with van der Waals surface area (Å²) in [5, 5.41) is 12.9. The molecule has 1 aliphatic rings. The first kappa shape index (κ1) is 15.3. The van der Waals surface area contributed by atoms with Crippen molar-refractivity contribution in [3.05, 3.63) is 29.3 Å². The maximum absolute atomic E-state index is 9.40. The van der Waals surface area contributed by atoms with Crippen LogP contribution in [0, 0.1) is 12.8 Å². The zero-order chi connectivity index (χ0) is 14.4. The number of aryl methyl sites for hydroxylation is 1. The van der Waals surface area contributed by atoms with Gasteiger partial charge in [-0.1, -0.05) is 24.6 Å². The number of hydrogen-bond acceptors (Lipinski definition) is 3. The Morgan fingerprint density at radius 3 is 3.00 bits per heavy atom. The minimum absolute atomic E-state index is 0.311. The fourth-order valence-corrected chi connectivity index (χ4v) is 3.00. The van der Waals surface area contributed by atoms with Gasteiger partial charge in [-0.15, -0.1) is 0 Å². The van der Waals surface area contributed by atoms with E-state index in [1.807, 2.05) is 0 Å². The summed E-state index contributed by atoms with van der Waals surface area (Å²) in [6.45, 7) is 8.75. The molecular weight excluding hydrogens is 248 g/mol. The first-order chi connectivity index (χ1) is 9.74. The van der Waals surface area contributed by atoms with Crippen LogP contribution in [0.1, 0.15) is 37.3 Å². The zero-order valence-corrected chi connectivity index (χ0v) is 12.9. The fraction of sp³-hybridized carbons (Fsp3) is 0.647. The Balaban J connectivity index is 2.12. The maximum atomic E-state index is 9.40. The number of benzene rings is 1. The van der Waals surface area contributed by atoms with Crippen LogP contribution < -0.4 is 10.2 Å². The average molecular weight is 276 g/mol. The van der Waals surface area contributed by atoms with Crippen molar-refractivity contribution in [3.63, 3.8) is 0 Å². The van der Waals surface area contributed by atoms with Crippen LogP contribution in [0.5, 0.6) is 0 Å². The van der Waals surface area contributed by atoms with E-state index in [1.54, 1.807) is 0 Å². The quantitative estimate of drug-likeness (QED) is 0.784. The van der Waals surface area contributed by atoms with E-state index in [0.717, 1.165) is 39.0 Å². The summed E-state index contributed by atoms with van der Waals surface area (Å²) in [6, 6.07) is 6.74. The topological polar surface area (TPSA) is 35.5 Å². The van der Waals surface area contributed by atoms with Gasteiger partial charge >= 0.3 is 0 Å². The molecule has 0 saturated carbocycles. The molecule has 1 aliphatic heterocycles. The molecule has 1 heterocycles. The van der Waals surface area contributed by atoms with Gasteiger partial charge in [0, 0.05) is 31.9 Å². The second kappa shape index (κ2) is 7.65. The smallest absolute Gasteiger partial charge is 0.0476 e. The molecule has 1 aromatic rings. The molecule has 1 atom stereocenters.